The van der Waals surface area contributed by atoms with E-state index in [0.29, 0.717) is 31.8 Å². The highest BCUT2D eigenvalue weighted by Crippen LogP contribution is 2.24. The summed E-state index contributed by atoms with van der Waals surface area (Å²) in [7, 11) is 0. The van der Waals surface area contributed by atoms with Crippen LogP contribution in [0.3, 0.4) is 0 Å². The van der Waals surface area contributed by atoms with Crippen LogP contribution in [-0.4, -0.2) is 32.8 Å². The molecule has 0 aliphatic heterocycles. The van der Waals surface area contributed by atoms with Crippen molar-refractivity contribution in [1.29, 1.82) is 0 Å². The predicted octanol–water partition coefficient (Wildman–Crippen LogP) is 4.63. The fourth-order valence-corrected chi connectivity index (χ4v) is 4.83. The first-order chi connectivity index (χ1) is 15.0. The van der Waals surface area contributed by atoms with Crippen molar-refractivity contribution in [3.63, 3.8) is 0 Å². The Bertz CT molecular complexity index is 1330. The molecule has 10 heteroatoms. The molecule has 158 valence electrons. The number of nitrogens with one attached hydrogen (secondary N) is 2. The lowest BCUT2D eigenvalue weighted by Crippen LogP contribution is -2.15. The smallest absolute Gasteiger partial charge is 0.271 e. The number of thioether (sulfide) groups is 1. The summed E-state index contributed by atoms with van der Waals surface area (Å²) in [4.78, 5) is 32.2. The summed E-state index contributed by atoms with van der Waals surface area (Å²) < 4.78 is 8.16. The Morgan fingerprint density at radius 1 is 1.23 bits per heavy atom. The number of anilines is 1. The van der Waals surface area contributed by atoms with E-state index in [0.717, 1.165) is 23.2 Å². The monoisotopic (exact) mass is 470 g/mol. The van der Waals surface area contributed by atoms with E-state index >= 15 is 0 Å². The van der Waals surface area contributed by atoms with Crippen LogP contribution in [0.1, 0.15) is 6.92 Å². The number of aromatic nitrogens is 3. The quantitative estimate of drug-likeness (QED) is 0.232. The van der Waals surface area contributed by atoms with Gasteiger partial charge in [0.25, 0.3) is 5.56 Å². The van der Waals surface area contributed by atoms with Gasteiger partial charge in [-0.2, -0.15) is 0 Å². The van der Waals surface area contributed by atoms with E-state index in [1.807, 2.05) is 37.3 Å². The highest BCUT2D eigenvalue weighted by atomic mass is 32.2. The number of hydrogen-bond acceptors (Lipinski definition) is 7. The number of nitrogens with zero attached hydrogens (tertiary/aromatic N) is 2. The largest absolute Gasteiger partial charge is 0.494 e. The molecule has 1 amide bonds. The van der Waals surface area contributed by atoms with Gasteiger partial charge in [0.1, 0.15) is 10.4 Å². The summed E-state index contributed by atoms with van der Waals surface area (Å²) in [5, 5.41) is 3.18. The standard InChI is InChI=1S/C21H18N4O3S3/c1-2-28-15-10-8-13(9-11-15)22-16(26)12-30-20-23-18-17(19(27)24-20)31-21(29)25(18)14-6-4-3-5-7-14/h3-11H,2,12H2,1H3,(H,22,26)(H,23,24,27). The second-order valence-corrected chi connectivity index (χ2v) is 8.97. The number of benzene rings is 2. The van der Waals surface area contributed by atoms with E-state index in [4.69, 9.17) is 17.0 Å². The summed E-state index contributed by atoms with van der Waals surface area (Å²) in [6.07, 6.45) is 0. The number of para-hydroxylation sites is 1. The van der Waals surface area contributed by atoms with Crippen molar-refractivity contribution in [2.24, 2.45) is 0 Å². The summed E-state index contributed by atoms with van der Waals surface area (Å²) in [6, 6.07) is 16.7. The van der Waals surface area contributed by atoms with Gasteiger partial charge in [0.05, 0.1) is 12.4 Å². The first-order valence-electron chi connectivity index (χ1n) is 9.42. The van der Waals surface area contributed by atoms with Crippen LogP contribution in [0.25, 0.3) is 16.0 Å². The molecule has 0 saturated heterocycles. The van der Waals surface area contributed by atoms with Crippen LogP contribution in [0.15, 0.2) is 64.5 Å². The lowest BCUT2D eigenvalue weighted by atomic mass is 10.3. The maximum Gasteiger partial charge on any atom is 0.271 e. The zero-order chi connectivity index (χ0) is 21.8. The number of carbonyl (C=O) groups excluding carboxylic acids is 1. The number of aromatic amines is 1. The minimum absolute atomic E-state index is 0.0951. The molecule has 0 unspecified atom stereocenters. The predicted molar refractivity (Wildman–Crippen MR) is 127 cm³/mol. The third-order valence-electron chi connectivity index (χ3n) is 4.22. The number of amides is 1. The Labute approximate surface area is 191 Å². The van der Waals surface area contributed by atoms with Crippen molar-refractivity contribution in [3.8, 4) is 11.4 Å². The van der Waals surface area contributed by atoms with E-state index in [1.54, 1.807) is 28.8 Å². The molecule has 31 heavy (non-hydrogen) atoms. The molecule has 0 spiro atoms. The van der Waals surface area contributed by atoms with Crippen LogP contribution in [0.5, 0.6) is 5.75 Å². The van der Waals surface area contributed by atoms with Gasteiger partial charge in [0.2, 0.25) is 5.91 Å². The molecule has 2 aromatic carbocycles. The Morgan fingerprint density at radius 2 is 1.97 bits per heavy atom. The van der Waals surface area contributed by atoms with Gasteiger partial charge in [-0.05, 0) is 55.5 Å². The number of thiazole rings is 1. The Balaban J connectivity index is 1.51. The zero-order valence-electron chi connectivity index (χ0n) is 16.5. The molecule has 0 radical (unpaired) electrons. The lowest BCUT2D eigenvalue weighted by molar-refractivity contribution is -0.113. The van der Waals surface area contributed by atoms with Crippen LogP contribution < -0.4 is 15.6 Å². The fourth-order valence-electron chi connectivity index (χ4n) is 2.90. The summed E-state index contributed by atoms with van der Waals surface area (Å²) in [6.45, 7) is 2.49. The van der Waals surface area contributed by atoms with Gasteiger partial charge in [-0.1, -0.05) is 41.3 Å². The SMILES string of the molecule is CCOc1ccc(NC(=O)CSc2nc3c(sc(=S)n3-c3ccccc3)c(=O)[nH]2)cc1. The molecule has 4 rings (SSSR count). The van der Waals surface area contributed by atoms with Crippen LogP contribution in [-0.2, 0) is 4.79 Å². The van der Waals surface area contributed by atoms with E-state index < -0.39 is 0 Å². The molecule has 0 bridgehead atoms. The molecule has 0 aliphatic rings. The molecule has 4 aromatic rings. The van der Waals surface area contributed by atoms with Crippen molar-refractivity contribution in [1.82, 2.24) is 14.5 Å². The highest BCUT2D eigenvalue weighted by molar-refractivity contribution is 7.99. The molecule has 2 heterocycles. The minimum Gasteiger partial charge on any atom is -0.494 e. The highest BCUT2D eigenvalue weighted by Gasteiger charge is 2.14. The number of hydrogen-bond donors (Lipinski definition) is 2. The Morgan fingerprint density at radius 3 is 2.68 bits per heavy atom. The molecule has 0 saturated carbocycles. The van der Waals surface area contributed by atoms with E-state index in [-0.39, 0.29) is 17.2 Å². The van der Waals surface area contributed by atoms with E-state index in [1.165, 1.54) is 11.3 Å². The molecule has 2 aromatic heterocycles. The average molecular weight is 471 g/mol. The van der Waals surface area contributed by atoms with Crippen LogP contribution >= 0.6 is 35.3 Å². The van der Waals surface area contributed by atoms with Gasteiger partial charge in [-0.15, -0.1) is 0 Å². The Hall–Kier alpha value is -2.95. The number of fused-ring (bicyclic) bond motifs is 1. The maximum atomic E-state index is 12.5. The van der Waals surface area contributed by atoms with E-state index in [2.05, 4.69) is 15.3 Å². The van der Waals surface area contributed by atoms with Crippen LogP contribution in [0.2, 0.25) is 0 Å². The molecule has 0 fully saturated rings. The maximum absolute atomic E-state index is 12.5. The van der Waals surface area contributed by atoms with Crippen molar-refractivity contribution in [2.45, 2.75) is 12.1 Å². The molecule has 0 aliphatic carbocycles. The molecule has 7 nitrogen and oxygen atoms in total. The number of carbonyl (C=O) groups is 1. The average Bonchev–Trinajstić information content (AvgIpc) is 3.11. The number of ether oxygens (including phenoxy) is 1. The summed E-state index contributed by atoms with van der Waals surface area (Å²) in [5.41, 5.74) is 1.71. The van der Waals surface area contributed by atoms with Gasteiger partial charge in [-0.3, -0.25) is 14.2 Å². The lowest BCUT2D eigenvalue weighted by Gasteiger charge is -2.07. The number of rotatable bonds is 7. The zero-order valence-corrected chi connectivity index (χ0v) is 18.9. The van der Waals surface area contributed by atoms with Crippen molar-refractivity contribution >= 4 is 57.3 Å². The van der Waals surface area contributed by atoms with Gasteiger partial charge < -0.3 is 15.0 Å². The second kappa shape index (κ2) is 9.46. The van der Waals surface area contributed by atoms with Crippen molar-refractivity contribution < 1.29 is 9.53 Å². The second-order valence-electron chi connectivity index (χ2n) is 6.36. The summed E-state index contributed by atoms with van der Waals surface area (Å²) >= 11 is 7.82. The topological polar surface area (TPSA) is 89.0 Å². The van der Waals surface area contributed by atoms with Crippen LogP contribution in [0, 0.1) is 3.95 Å². The summed E-state index contributed by atoms with van der Waals surface area (Å²) in [5.74, 6) is 0.633. The molecular formula is C21H18N4O3S3. The molecular weight excluding hydrogens is 452 g/mol. The van der Waals surface area contributed by atoms with Gasteiger partial charge in [0.15, 0.2) is 14.8 Å². The first-order valence-corrected chi connectivity index (χ1v) is 11.6. The third kappa shape index (κ3) is 4.87. The fraction of sp³-hybridized carbons (Fsp3) is 0.143. The number of H-pyrrole nitrogens is 1. The van der Waals surface area contributed by atoms with Crippen molar-refractivity contribution in [3.05, 3.63) is 68.9 Å². The van der Waals surface area contributed by atoms with E-state index in [9.17, 15) is 9.59 Å². The molecule has 2 N–H and O–H groups in total. The van der Waals surface area contributed by atoms with Crippen LogP contribution in [0.4, 0.5) is 5.69 Å². The molecule has 0 atom stereocenters. The van der Waals surface area contributed by atoms with Gasteiger partial charge >= 0.3 is 0 Å². The minimum atomic E-state index is -0.273. The normalized spacial score (nSPS) is 10.9. The van der Waals surface area contributed by atoms with Gasteiger partial charge in [-0.25, -0.2) is 4.98 Å². The Kier molecular flexibility index (Phi) is 6.50. The first kappa shape index (κ1) is 21.3. The third-order valence-corrected chi connectivity index (χ3v) is 6.46. The van der Waals surface area contributed by atoms with Crippen molar-refractivity contribution in [2.75, 3.05) is 17.7 Å². The van der Waals surface area contributed by atoms with Gasteiger partial charge in [0, 0.05) is 11.4 Å².